The Morgan fingerprint density at radius 1 is 0.941 bits per heavy atom. The molecule has 2 nitrogen and oxygen atoms in total. The molecule has 17 heavy (non-hydrogen) atoms. The van der Waals surface area contributed by atoms with Crippen molar-refractivity contribution in [3.05, 3.63) is 53.6 Å². The first-order valence-electron chi connectivity index (χ1n) is 5.03. The van der Waals surface area contributed by atoms with E-state index in [4.69, 9.17) is 11.6 Å². The van der Waals surface area contributed by atoms with Crippen LogP contribution in [0.1, 0.15) is 0 Å². The van der Waals surface area contributed by atoms with Crippen LogP contribution in [0.15, 0.2) is 53.4 Å². The molecule has 0 aliphatic rings. The maximum atomic E-state index is 11.7. The molecule has 0 spiro atoms. The predicted octanol–water partition coefficient (Wildman–Crippen LogP) is 3.41. The van der Waals surface area contributed by atoms with Crippen LogP contribution in [0.4, 0.5) is 0 Å². The van der Waals surface area contributed by atoms with E-state index >= 15 is 0 Å². The minimum Gasteiger partial charge on any atom is -0.224 e. The molecule has 0 fully saturated rings. The van der Waals surface area contributed by atoms with E-state index in [1.54, 1.807) is 30.3 Å². The quantitative estimate of drug-likeness (QED) is 0.835. The Kier molecular flexibility index (Phi) is 3.22. The lowest BCUT2D eigenvalue weighted by Crippen LogP contribution is -1.99. The topological polar surface area (TPSA) is 34.1 Å². The van der Waals surface area contributed by atoms with Gasteiger partial charge in [-0.15, -0.1) is 0 Å². The van der Waals surface area contributed by atoms with Gasteiger partial charge < -0.3 is 0 Å². The highest BCUT2D eigenvalue weighted by Gasteiger charge is 2.13. The first-order chi connectivity index (χ1) is 7.98. The summed E-state index contributed by atoms with van der Waals surface area (Å²) in [4.78, 5) is 0.335. The Labute approximate surface area is 106 Å². The molecule has 0 heterocycles. The summed E-state index contributed by atoms with van der Waals surface area (Å²) in [5, 5.41) is 0.630. The van der Waals surface area contributed by atoms with Gasteiger partial charge in [-0.1, -0.05) is 41.9 Å². The summed E-state index contributed by atoms with van der Waals surface area (Å²) < 4.78 is 23.3. The van der Waals surface area contributed by atoms with Gasteiger partial charge in [0.05, 0.1) is 4.90 Å². The van der Waals surface area contributed by atoms with E-state index in [0.717, 1.165) is 5.56 Å². The second kappa shape index (κ2) is 4.51. The fourth-order valence-corrected chi connectivity index (χ4v) is 2.70. The van der Waals surface area contributed by atoms with Gasteiger partial charge >= 0.3 is 0 Å². The van der Waals surface area contributed by atoms with Gasteiger partial charge in [0.1, 0.15) is 0 Å². The number of sulfone groups is 1. The number of hydrogen-bond donors (Lipinski definition) is 0. The van der Waals surface area contributed by atoms with Crippen LogP contribution in [-0.2, 0) is 9.84 Å². The first-order valence-corrected chi connectivity index (χ1v) is 7.30. The van der Waals surface area contributed by atoms with Crippen LogP contribution >= 0.6 is 11.6 Å². The summed E-state index contributed by atoms with van der Waals surface area (Å²) in [6.45, 7) is 0. The van der Waals surface area contributed by atoms with Gasteiger partial charge in [-0.2, -0.15) is 0 Å². The SMILES string of the molecule is CS(=O)(=O)c1ccccc1-c1ccc(Cl)cc1. The molecule has 2 aromatic carbocycles. The van der Waals surface area contributed by atoms with Gasteiger partial charge in [0.2, 0.25) is 0 Å². The predicted molar refractivity (Wildman–Crippen MR) is 70.0 cm³/mol. The zero-order valence-corrected chi connectivity index (χ0v) is 10.8. The minimum atomic E-state index is -3.22. The molecule has 0 aliphatic heterocycles. The van der Waals surface area contributed by atoms with Gasteiger partial charge in [-0.05, 0) is 23.8 Å². The average Bonchev–Trinajstić information content (AvgIpc) is 2.29. The summed E-state index contributed by atoms with van der Waals surface area (Å²) in [6, 6.07) is 14.1. The third kappa shape index (κ3) is 2.68. The number of halogens is 1. The monoisotopic (exact) mass is 266 g/mol. The van der Waals surface area contributed by atoms with Crippen molar-refractivity contribution in [2.24, 2.45) is 0 Å². The molecule has 4 heteroatoms. The Morgan fingerprint density at radius 2 is 1.53 bits per heavy atom. The van der Waals surface area contributed by atoms with Crippen LogP contribution in [0.3, 0.4) is 0 Å². The van der Waals surface area contributed by atoms with E-state index in [-0.39, 0.29) is 0 Å². The Balaban J connectivity index is 2.64. The van der Waals surface area contributed by atoms with Crippen LogP contribution in [0, 0.1) is 0 Å². The van der Waals surface area contributed by atoms with Gasteiger partial charge in [0.25, 0.3) is 0 Å². The average molecular weight is 267 g/mol. The van der Waals surface area contributed by atoms with Crippen LogP contribution in [-0.4, -0.2) is 14.7 Å². The fraction of sp³-hybridized carbons (Fsp3) is 0.0769. The molecule has 0 unspecified atom stereocenters. The maximum absolute atomic E-state index is 11.7. The number of benzene rings is 2. The standard InChI is InChI=1S/C13H11ClO2S/c1-17(15,16)13-5-3-2-4-12(13)10-6-8-11(14)9-7-10/h2-9H,1H3. The Bertz CT molecular complexity index is 631. The number of rotatable bonds is 2. The van der Waals surface area contributed by atoms with Crippen molar-refractivity contribution in [2.45, 2.75) is 4.90 Å². The highest BCUT2D eigenvalue weighted by molar-refractivity contribution is 7.90. The van der Waals surface area contributed by atoms with Crippen LogP contribution < -0.4 is 0 Å². The molecule has 0 saturated heterocycles. The van der Waals surface area contributed by atoms with Crippen molar-refractivity contribution >= 4 is 21.4 Å². The highest BCUT2D eigenvalue weighted by Crippen LogP contribution is 2.27. The second-order valence-electron chi connectivity index (χ2n) is 3.78. The van der Waals surface area contributed by atoms with E-state index in [2.05, 4.69) is 0 Å². The zero-order chi connectivity index (χ0) is 12.5. The third-order valence-electron chi connectivity index (χ3n) is 2.44. The van der Waals surface area contributed by atoms with Crippen molar-refractivity contribution in [3.8, 4) is 11.1 Å². The molecule has 0 N–H and O–H groups in total. The van der Waals surface area contributed by atoms with Crippen molar-refractivity contribution in [1.29, 1.82) is 0 Å². The molecular formula is C13H11ClO2S. The first kappa shape index (κ1) is 12.1. The van der Waals surface area contributed by atoms with Crippen LogP contribution in [0.2, 0.25) is 5.02 Å². The zero-order valence-electron chi connectivity index (χ0n) is 9.22. The van der Waals surface area contributed by atoms with Crippen molar-refractivity contribution in [1.82, 2.24) is 0 Å². The van der Waals surface area contributed by atoms with Crippen LogP contribution in [0.25, 0.3) is 11.1 Å². The minimum absolute atomic E-state index is 0.335. The highest BCUT2D eigenvalue weighted by atomic mass is 35.5. The molecule has 0 radical (unpaired) electrons. The van der Waals surface area contributed by atoms with E-state index < -0.39 is 9.84 Å². The smallest absolute Gasteiger partial charge is 0.176 e. The molecule has 0 amide bonds. The second-order valence-corrected chi connectivity index (χ2v) is 6.20. The van der Waals surface area contributed by atoms with Crippen molar-refractivity contribution in [2.75, 3.05) is 6.26 Å². The van der Waals surface area contributed by atoms with Crippen molar-refractivity contribution in [3.63, 3.8) is 0 Å². The largest absolute Gasteiger partial charge is 0.224 e. The molecule has 88 valence electrons. The summed E-state index contributed by atoms with van der Waals surface area (Å²) in [5.74, 6) is 0. The van der Waals surface area contributed by atoms with E-state index in [1.165, 1.54) is 6.26 Å². The van der Waals surface area contributed by atoms with Gasteiger partial charge in [-0.25, -0.2) is 8.42 Å². The van der Waals surface area contributed by atoms with E-state index in [9.17, 15) is 8.42 Å². The summed E-state index contributed by atoms with van der Waals surface area (Å²) in [6.07, 6.45) is 1.21. The summed E-state index contributed by atoms with van der Waals surface area (Å²) in [7, 11) is -3.22. The molecule has 0 aliphatic carbocycles. The lowest BCUT2D eigenvalue weighted by atomic mass is 10.1. The summed E-state index contributed by atoms with van der Waals surface area (Å²) in [5.41, 5.74) is 1.54. The molecular weight excluding hydrogens is 256 g/mol. The van der Waals surface area contributed by atoms with Crippen molar-refractivity contribution < 1.29 is 8.42 Å². The fourth-order valence-electron chi connectivity index (χ4n) is 1.66. The normalized spacial score (nSPS) is 11.4. The molecule has 0 aromatic heterocycles. The lowest BCUT2D eigenvalue weighted by molar-refractivity contribution is 0.602. The molecule has 2 aromatic rings. The third-order valence-corrected chi connectivity index (χ3v) is 3.85. The molecule has 2 rings (SSSR count). The van der Waals surface area contributed by atoms with Gasteiger partial charge in [-0.3, -0.25) is 0 Å². The molecule has 0 atom stereocenters. The Morgan fingerprint density at radius 3 is 2.12 bits per heavy atom. The lowest BCUT2D eigenvalue weighted by Gasteiger charge is -2.07. The maximum Gasteiger partial charge on any atom is 0.176 e. The molecule has 0 saturated carbocycles. The Hall–Kier alpha value is -1.32. The summed E-state index contributed by atoms with van der Waals surface area (Å²) >= 11 is 5.81. The van der Waals surface area contributed by atoms with Crippen LogP contribution in [0.5, 0.6) is 0 Å². The van der Waals surface area contributed by atoms with Gasteiger partial charge in [0, 0.05) is 16.8 Å². The van der Waals surface area contributed by atoms with E-state index in [0.29, 0.717) is 15.5 Å². The molecule has 0 bridgehead atoms. The van der Waals surface area contributed by atoms with Gasteiger partial charge in [0.15, 0.2) is 9.84 Å². The number of hydrogen-bond acceptors (Lipinski definition) is 2. The van der Waals surface area contributed by atoms with E-state index in [1.807, 2.05) is 18.2 Å².